The average molecular weight is 473 g/mol. The van der Waals surface area contributed by atoms with Crippen LogP contribution in [-0.4, -0.2) is 62.9 Å². The van der Waals surface area contributed by atoms with Gasteiger partial charge in [-0.25, -0.2) is 14.8 Å². The lowest BCUT2D eigenvalue weighted by atomic mass is 9.96. The zero-order valence-electron chi connectivity index (χ0n) is 20.3. The van der Waals surface area contributed by atoms with Gasteiger partial charge in [0.15, 0.2) is 5.78 Å². The number of ketones is 1. The molecule has 1 atom stereocenters. The van der Waals surface area contributed by atoms with Crippen LogP contribution >= 0.6 is 11.6 Å². The Labute approximate surface area is 201 Å². The number of aromatic nitrogens is 2. The summed E-state index contributed by atoms with van der Waals surface area (Å²) in [5.41, 5.74) is 3.04. The number of aryl methyl sites for hydroxylation is 1. The Morgan fingerprint density at radius 1 is 1.12 bits per heavy atom. The molecule has 1 aliphatic rings. The van der Waals surface area contributed by atoms with Crippen molar-refractivity contribution in [3.05, 3.63) is 57.6 Å². The third kappa shape index (κ3) is 6.74. The van der Waals surface area contributed by atoms with Crippen molar-refractivity contribution in [3.63, 3.8) is 0 Å². The molecule has 1 aromatic carbocycles. The number of carbonyl (C=O) groups excluding carboxylic acids is 2. The molecule has 0 unspecified atom stereocenters. The van der Waals surface area contributed by atoms with E-state index in [0.717, 1.165) is 29.8 Å². The molecule has 2 heterocycles. The molecule has 8 heteroatoms. The quantitative estimate of drug-likeness (QED) is 0.591. The molecule has 0 bridgehead atoms. The van der Waals surface area contributed by atoms with Gasteiger partial charge >= 0.3 is 6.09 Å². The van der Waals surface area contributed by atoms with Gasteiger partial charge in [0, 0.05) is 56.1 Å². The van der Waals surface area contributed by atoms with Gasteiger partial charge in [-0.3, -0.25) is 9.69 Å². The molecule has 0 radical (unpaired) electrons. The third-order valence-corrected chi connectivity index (χ3v) is 5.99. The van der Waals surface area contributed by atoms with E-state index in [1.54, 1.807) is 24.2 Å². The van der Waals surface area contributed by atoms with Crippen LogP contribution in [0.1, 0.15) is 60.6 Å². The maximum Gasteiger partial charge on any atom is 0.410 e. The Kier molecular flexibility index (Phi) is 7.75. The Bertz CT molecular complexity index is 1020. The number of piperazine rings is 1. The van der Waals surface area contributed by atoms with Gasteiger partial charge in [0.2, 0.25) is 0 Å². The maximum absolute atomic E-state index is 12.7. The minimum absolute atomic E-state index is 0.0362. The van der Waals surface area contributed by atoms with Crippen molar-refractivity contribution in [2.24, 2.45) is 0 Å². The summed E-state index contributed by atoms with van der Waals surface area (Å²) in [5, 5.41) is 0.610. The van der Waals surface area contributed by atoms with E-state index in [2.05, 4.69) is 14.9 Å². The highest BCUT2D eigenvalue weighted by Crippen LogP contribution is 2.25. The van der Waals surface area contributed by atoms with Gasteiger partial charge in [-0.05, 0) is 70.4 Å². The number of amides is 1. The number of halogens is 1. The molecule has 1 saturated heterocycles. The van der Waals surface area contributed by atoms with Crippen molar-refractivity contribution in [2.75, 3.05) is 19.6 Å². The number of rotatable bonds is 5. The van der Waals surface area contributed by atoms with E-state index in [1.165, 1.54) is 0 Å². The molecule has 0 saturated carbocycles. The lowest BCUT2D eigenvalue weighted by molar-refractivity contribution is 0.000532. The largest absolute Gasteiger partial charge is 0.444 e. The third-order valence-electron chi connectivity index (χ3n) is 5.78. The van der Waals surface area contributed by atoms with Crippen LogP contribution in [0.15, 0.2) is 24.5 Å². The first-order valence-electron chi connectivity index (χ1n) is 11.2. The highest BCUT2D eigenvalue weighted by atomic mass is 35.5. The Morgan fingerprint density at radius 2 is 1.76 bits per heavy atom. The monoisotopic (exact) mass is 472 g/mol. The summed E-state index contributed by atoms with van der Waals surface area (Å²) >= 11 is 6.42. The van der Waals surface area contributed by atoms with Gasteiger partial charge in [-0.2, -0.15) is 0 Å². The predicted molar refractivity (Wildman–Crippen MR) is 129 cm³/mol. The van der Waals surface area contributed by atoms with Crippen molar-refractivity contribution >= 4 is 23.5 Å². The minimum Gasteiger partial charge on any atom is -0.444 e. The molecule has 3 rings (SSSR count). The number of carbonyl (C=O) groups is 2. The minimum atomic E-state index is -0.510. The van der Waals surface area contributed by atoms with E-state index in [4.69, 9.17) is 16.3 Å². The lowest BCUT2D eigenvalue weighted by Gasteiger charge is -2.40. The van der Waals surface area contributed by atoms with Crippen LogP contribution in [0.25, 0.3) is 0 Å². The number of hydrogen-bond acceptors (Lipinski definition) is 6. The van der Waals surface area contributed by atoms with Crippen LogP contribution < -0.4 is 0 Å². The topological polar surface area (TPSA) is 75.6 Å². The molecule has 0 aliphatic carbocycles. The van der Waals surface area contributed by atoms with Gasteiger partial charge < -0.3 is 9.64 Å². The van der Waals surface area contributed by atoms with Crippen molar-refractivity contribution in [3.8, 4) is 0 Å². The van der Waals surface area contributed by atoms with Gasteiger partial charge in [0.1, 0.15) is 11.4 Å². The summed E-state index contributed by atoms with van der Waals surface area (Å²) in [6.45, 7) is 14.3. The zero-order valence-corrected chi connectivity index (χ0v) is 21.1. The van der Waals surface area contributed by atoms with E-state index >= 15 is 0 Å². The van der Waals surface area contributed by atoms with Crippen molar-refractivity contribution < 1.29 is 14.3 Å². The number of ether oxygens (including phenoxy) is 1. The normalized spacial score (nSPS) is 17.2. The summed E-state index contributed by atoms with van der Waals surface area (Å²) in [4.78, 5) is 37.6. The fourth-order valence-corrected chi connectivity index (χ4v) is 4.23. The van der Waals surface area contributed by atoms with Crippen LogP contribution in [0.5, 0.6) is 0 Å². The fraction of sp³-hybridized carbons (Fsp3) is 0.520. The summed E-state index contributed by atoms with van der Waals surface area (Å²) in [6.07, 6.45) is 3.11. The van der Waals surface area contributed by atoms with Gasteiger partial charge in [-0.15, -0.1) is 0 Å². The molecule has 0 spiro atoms. The second-order valence-corrected chi connectivity index (χ2v) is 10.2. The first kappa shape index (κ1) is 25.1. The van der Waals surface area contributed by atoms with Crippen LogP contribution in [0.2, 0.25) is 5.02 Å². The molecule has 7 nitrogen and oxygen atoms in total. The Balaban J connectivity index is 1.68. The molecule has 2 aromatic rings. The number of benzene rings is 1. The van der Waals surface area contributed by atoms with E-state index in [0.29, 0.717) is 29.5 Å². The second-order valence-electron chi connectivity index (χ2n) is 9.73. The van der Waals surface area contributed by atoms with E-state index < -0.39 is 5.60 Å². The highest BCUT2D eigenvalue weighted by Gasteiger charge is 2.31. The second kappa shape index (κ2) is 10.2. The van der Waals surface area contributed by atoms with E-state index in [-0.39, 0.29) is 24.3 Å². The van der Waals surface area contributed by atoms with Crippen LogP contribution in [0, 0.1) is 13.8 Å². The van der Waals surface area contributed by atoms with Crippen molar-refractivity contribution in [1.29, 1.82) is 0 Å². The van der Waals surface area contributed by atoms with Gasteiger partial charge in [-0.1, -0.05) is 11.6 Å². The number of Topliss-reactive ketones (excluding diaryl/α,β-unsaturated/α-hetero) is 1. The molecular formula is C25H33ClN4O3. The van der Waals surface area contributed by atoms with Crippen LogP contribution in [-0.2, 0) is 17.7 Å². The molecule has 178 valence electrons. The zero-order chi connectivity index (χ0) is 24.3. The molecule has 0 N–H and O–H groups in total. The standard InChI is InChI=1S/C25H33ClN4O3/c1-16-14-29(7-8-30(16)24(32)33-25(4,5)6)15-20-10-22(26)9-19(17(20)2)11-23(31)21-12-27-18(3)28-13-21/h9-10,12-13,16H,7-8,11,14-15H2,1-6H3/t16-/m0/s1. The van der Waals surface area contributed by atoms with Gasteiger partial charge in [0.25, 0.3) is 0 Å². The smallest absolute Gasteiger partial charge is 0.410 e. The maximum atomic E-state index is 12.7. The number of nitrogens with zero attached hydrogens (tertiary/aromatic N) is 4. The predicted octanol–water partition coefficient (Wildman–Crippen LogP) is 4.61. The molecule has 1 fully saturated rings. The van der Waals surface area contributed by atoms with E-state index in [1.807, 2.05) is 46.8 Å². The summed E-state index contributed by atoms with van der Waals surface area (Å²) in [6, 6.07) is 3.86. The van der Waals surface area contributed by atoms with E-state index in [9.17, 15) is 9.59 Å². The summed E-state index contributed by atoms with van der Waals surface area (Å²) in [7, 11) is 0. The van der Waals surface area contributed by atoms with Gasteiger partial charge in [0.05, 0.1) is 5.56 Å². The van der Waals surface area contributed by atoms with Crippen molar-refractivity contribution in [1.82, 2.24) is 19.8 Å². The molecule has 1 amide bonds. The molecule has 33 heavy (non-hydrogen) atoms. The van der Waals surface area contributed by atoms with Crippen LogP contribution in [0.4, 0.5) is 4.79 Å². The summed E-state index contributed by atoms with van der Waals surface area (Å²) < 4.78 is 5.54. The van der Waals surface area contributed by atoms with Crippen LogP contribution in [0.3, 0.4) is 0 Å². The highest BCUT2D eigenvalue weighted by molar-refractivity contribution is 6.30. The molecular weight excluding hydrogens is 440 g/mol. The molecule has 1 aliphatic heterocycles. The number of hydrogen-bond donors (Lipinski definition) is 0. The average Bonchev–Trinajstić information content (AvgIpc) is 2.70. The van der Waals surface area contributed by atoms with Crippen molar-refractivity contribution in [2.45, 2.75) is 66.2 Å². The first-order valence-corrected chi connectivity index (χ1v) is 11.6. The lowest BCUT2D eigenvalue weighted by Crippen LogP contribution is -2.54. The molecule has 1 aromatic heterocycles. The fourth-order valence-electron chi connectivity index (χ4n) is 3.97. The SMILES string of the molecule is Cc1ncc(C(=O)Cc2cc(Cl)cc(CN3CCN(C(=O)OC(C)(C)C)[C@@H](C)C3)c2C)cn1. The Hall–Kier alpha value is -2.51. The summed E-state index contributed by atoms with van der Waals surface area (Å²) in [5.74, 6) is 0.597. The first-order chi connectivity index (χ1) is 15.4. The Morgan fingerprint density at radius 3 is 2.36 bits per heavy atom.